The lowest BCUT2D eigenvalue weighted by Crippen LogP contribution is -2.12. The number of ether oxygens (including phenoxy) is 1. The van der Waals surface area contributed by atoms with Gasteiger partial charge < -0.3 is 15.0 Å². The highest BCUT2D eigenvalue weighted by Crippen LogP contribution is 2.40. The first-order chi connectivity index (χ1) is 9.74. The lowest BCUT2D eigenvalue weighted by Gasteiger charge is -2.19. The van der Waals surface area contributed by atoms with Crippen LogP contribution in [0.15, 0.2) is 18.2 Å². The molecule has 1 aliphatic carbocycles. The van der Waals surface area contributed by atoms with Gasteiger partial charge in [-0.25, -0.2) is 4.98 Å². The van der Waals surface area contributed by atoms with E-state index in [4.69, 9.17) is 10.5 Å². The van der Waals surface area contributed by atoms with Gasteiger partial charge in [-0.05, 0) is 37.8 Å². The number of rotatable bonds is 6. The number of imidazole rings is 1. The van der Waals surface area contributed by atoms with E-state index in [1.165, 1.54) is 19.3 Å². The first kappa shape index (κ1) is 13.3. The molecule has 0 aliphatic heterocycles. The minimum atomic E-state index is 0.448. The Morgan fingerprint density at radius 1 is 1.40 bits per heavy atom. The molecule has 3 rings (SSSR count). The maximum absolute atomic E-state index is 6.19. The molecular weight excluding hydrogens is 250 g/mol. The van der Waals surface area contributed by atoms with E-state index in [0.717, 1.165) is 29.1 Å². The van der Waals surface area contributed by atoms with Gasteiger partial charge in [0.2, 0.25) is 5.95 Å². The Hall–Kier alpha value is -1.71. The van der Waals surface area contributed by atoms with Crippen LogP contribution in [-0.2, 0) is 0 Å². The Kier molecular flexibility index (Phi) is 3.55. The van der Waals surface area contributed by atoms with Crippen molar-refractivity contribution in [1.29, 1.82) is 0 Å². The van der Waals surface area contributed by atoms with Crippen molar-refractivity contribution in [3.05, 3.63) is 18.2 Å². The fourth-order valence-electron chi connectivity index (χ4n) is 2.96. The molecule has 108 valence electrons. The molecule has 20 heavy (non-hydrogen) atoms. The van der Waals surface area contributed by atoms with Gasteiger partial charge >= 0.3 is 0 Å². The Balaban J connectivity index is 2.04. The Bertz CT molecular complexity index is 601. The molecule has 4 nitrogen and oxygen atoms in total. The quantitative estimate of drug-likeness (QED) is 0.871. The Labute approximate surface area is 119 Å². The highest BCUT2D eigenvalue weighted by atomic mass is 16.5. The van der Waals surface area contributed by atoms with Crippen LogP contribution in [0.3, 0.4) is 0 Å². The molecule has 1 unspecified atom stereocenters. The van der Waals surface area contributed by atoms with Gasteiger partial charge in [0.05, 0.1) is 12.1 Å². The van der Waals surface area contributed by atoms with Crippen LogP contribution in [0.4, 0.5) is 5.95 Å². The summed E-state index contributed by atoms with van der Waals surface area (Å²) in [5, 5.41) is 0. The van der Waals surface area contributed by atoms with Crippen molar-refractivity contribution in [3.8, 4) is 5.75 Å². The zero-order valence-electron chi connectivity index (χ0n) is 12.3. The van der Waals surface area contributed by atoms with Crippen LogP contribution < -0.4 is 10.5 Å². The maximum Gasteiger partial charge on any atom is 0.201 e. The van der Waals surface area contributed by atoms with E-state index < -0.39 is 0 Å². The molecule has 0 spiro atoms. The van der Waals surface area contributed by atoms with Crippen LogP contribution in [0.1, 0.15) is 45.6 Å². The summed E-state index contributed by atoms with van der Waals surface area (Å²) in [6.45, 7) is 4.86. The van der Waals surface area contributed by atoms with Crippen LogP contribution in [0.5, 0.6) is 5.75 Å². The molecular formula is C16H23N3O. The molecule has 1 atom stereocenters. The number of para-hydroxylation sites is 1. The summed E-state index contributed by atoms with van der Waals surface area (Å²) in [6.07, 6.45) is 5.04. The summed E-state index contributed by atoms with van der Waals surface area (Å²) in [4.78, 5) is 4.54. The Morgan fingerprint density at radius 2 is 2.20 bits per heavy atom. The first-order valence-electron chi connectivity index (χ1n) is 7.63. The average molecular weight is 273 g/mol. The molecule has 0 radical (unpaired) electrons. The van der Waals surface area contributed by atoms with Gasteiger partial charge in [-0.3, -0.25) is 0 Å². The lowest BCUT2D eigenvalue weighted by molar-refractivity contribution is 0.343. The monoisotopic (exact) mass is 273 g/mol. The van der Waals surface area contributed by atoms with Gasteiger partial charge in [0, 0.05) is 6.04 Å². The van der Waals surface area contributed by atoms with E-state index in [2.05, 4.69) is 22.5 Å². The van der Waals surface area contributed by atoms with E-state index >= 15 is 0 Å². The van der Waals surface area contributed by atoms with E-state index in [-0.39, 0.29) is 0 Å². The van der Waals surface area contributed by atoms with Crippen molar-refractivity contribution in [2.24, 2.45) is 5.92 Å². The van der Waals surface area contributed by atoms with Gasteiger partial charge in [0.1, 0.15) is 11.3 Å². The molecule has 1 saturated carbocycles. The van der Waals surface area contributed by atoms with Crippen LogP contribution in [0, 0.1) is 5.92 Å². The minimum absolute atomic E-state index is 0.448. The molecule has 0 bridgehead atoms. The maximum atomic E-state index is 6.19. The van der Waals surface area contributed by atoms with Crippen molar-refractivity contribution in [2.45, 2.75) is 45.6 Å². The van der Waals surface area contributed by atoms with Crippen LogP contribution in [-0.4, -0.2) is 16.2 Å². The molecule has 2 aromatic rings. The van der Waals surface area contributed by atoms with Gasteiger partial charge in [-0.2, -0.15) is 0 Å². The smallest absolute Gasteiger partial charge is 0.201 e. The fraction of sp³-hybridized carbons (Fsp3) is 0.562. The summed E-state index contributed by atoms with van der Waals surface area (Å²) in [5.74, 6) is 2.32. The second-order valence-corrected chi connectivity index (χ2v) is 5.64. The molecule has 2 N–H and O–H groups in total. The summed E-state index contributed by atoms with van der Waals surface area (Å²) in [6, 6.07) is 6.53. The van der Waals surface area contributed by atoms with Crippen LogP contribution >= 0.6 is 0 Å². The Morgan fingerprint density at radius 3 is 2.85 bits per heavy atom. The topological polar surface area (TPSA) is 53.1 Å². The third-order valence-electron chi connectivity index (χ3n) is 4.15. The molecule has 1 fully saturated rings. The van der Waals surface area contributed by atoms with Crippen molar-refractivity contribution in [1.82, 2.24) is 9.55 Å². The van der Waals surface area contributed by atoms with E-state index in [1.807, 2.05) is 19.1 Å². The predicted molar refractivity (Wildman–Crippen MR) is 82.0 cm³/mol. The van der Waals surface area contributed by atoms with Crippen LogP contribution in [0.2, 0.25) is 0 Å². The van der Waals surface area contributed by atoms with Gasteiger partial charge in [0.25, 0.3) is 0 Å². The summed E-state index contributed by atoms with van der Waals surface area (Å²) < 4.78 is 7.87. The first-order valence-corrected chi connectivity index (χ1v) is 7.63. The lowest BCUT2D eigenvalue weighted by atomic mass is 10.1. The van der Waals surface area contributed by atoms with E-state index in [9.17, 15) is 0 Å². The number of nitrogens with zero attached hydrogens (tertiary/aromatic N) is 2. The van der Waals surface area contributed by atoms with Gasteiger partial charge in [0.15, 0.2) is 0 Å². The van der Waals surface area contributed by atoms with Crippen molar-refractivity contribution < 1.29 is 4.74 Å². The second-order valence-electron chi connectivity index (χ2n) is 5.64. The summed E-state index contributed by atoms with van der Waals surface area (Å²) >= 11 is 0. The van der Waals surface area contributed by atoms with Crippen LogP contribution in [0.25, 0.3) is 11.0 Å². The summed E-state index contributed by atoms with van der Waals surface area (Å²) in [7, 11) is 0. The number of fused-ring (bicyclic) bond motifs is 1. The number of hydrogen-bond donors (Lipinski definition) is 1. The molecule has 1 heterocycles. The number of benzene rings is 1. The highest BCUT2D eigenvalue weighted by Gasteiger charge is 2.27. The van der Waals surface area contributed by atoms with Gasteiger partial charge in [-0.15, -0.1) is 0 Å². The molecule has 1 aliphatic rings. The third kappa shape index (κ3) is 2.35. The van der Waals surface area contributed by atoms with Gasteiger partial charge in [-0.1, -0.05) is 25.8 Å². The summed E-state index contributed by atoms with van der Waals surface area (Å²) in [5.41, 5.74) is 8.18. The second kappa shape index (κ2) is 5.35. The number of aromatic nitrogens is 2. The third-order valence-corrected chi connectivity index (χ3v) is 4.15. The molecule has 0 amide bonds. The minimum Gasteiger partial charge on any atom is -0.492 e. The van der Waals surface area contributed by atoms with Crippen molar-refractivity contribution in [2.75, 3.05) is 12.3 Å². The number of nitrogen functional groups attached to an aromatic ring is 1. The zero-order chi connectivity index (χ0) is 14.1. The largest absolute Gasteiger partial charge is 0.492 e. The normalized spacial score (nSPS) is 16.5. The molecule has 1 aromatic carbocycles. The fourth-order valence-corrected chi connectivity index (χ4v) is 2.96. The highest BCUT2D eigenvalue weighted by molar-refractivity contribution is 5.84. The standard InChI is InChI=1S/C16H23N3O/c1-3-12(10-11-8-9-11)19-13-6-5-7-14(20-4-2)15(13)18-16(19)17/h5-7,11-12H,3-4,8-10H2,1-2H3,(H2,17,18). The number of hydrogen-bond acceptors (Lipinski definition) is 3. The SMILES string of the molecule is CCOc1cccc2c1nc(N)n2C(CC)CC1CC1. The van der Waals surface area contributed by atoms with E-state index in [0.29, 0.717) is 18.6 Å². The van der Waals surface area contributed by atoms with Crippen molar-refractivity contribution >= 4 is 17.0 Å². The zero-order valence-corrected chi connectivity index (χ0v) is 12.3. The van der Waals surface area contributed by atoms with Crippen molar-refractivity contribution in [3.63, 3.8) is 0 Å². The van der Waals surface area contributed by atoms with E-state index in [1.54, 1.807) is 0 Å². The number of nitrogens with two attached hydrogens (primary N) is 1. The molecule has 4 heteroatoms. The predicted octanol–water partition coefficient (Wildman–Crippen LogP) is 3.77. The number of anilines is 1. The molecule has 1 aromatic heterocycles. The molecule has 0 saturated heterocycles. The average Bonchev–Trinajstić information content (AvgIpc) is 3.19.